The predicted molar refractivity (Wildman–Crippen MR) is 104 cm³/mol. The Bertz CT molecular complexity index is 1220. The van der Waals surface area contributed by atoms with Crippen molar-refractivity contribution < 1.29 is 19.6 Å². The van der Waals surface area contributed by atoms with Crippen LogP contribution in [0, 0.1) is 6.92 Å². The fraction of sp³-hybridized carbons (Fsp3) is 0.368. The first-order valence-corrected chi connectivity index (χ1v) is 9.27. The van der Waals surface area contributed by atoms with Gasteiger partial charge in [0, 0.05) is 13.6 Å². The summed E-state index contributed by atoms with van der Waals surface area (Å²) in [6.45, 7) is 2.27. The van der Waals surface area contributed by atoms with E-state index in [1.165, 1.54) is 11.6 Å². The molecule has 4 rings (SSSR count). The number of β-amino-alcohol motifs (C(OH)–C–C–N with tert-alkyl or cyclic N) is 1. The van der Waals surface area contributed by atoms with Crippen molar-refractivity contribution in [2.75, 3.05) is 11.4 Å². The molecule has 2 aromatic heterocycles. The van der Waals surface area contributed by atoms with Gasteiger partial charge in [0.05, 0.1) is 6.42 Å². The molecule has 0 saturated heterocycles. The van der Waals surface area contributed by atoms with Gasteiger partial charge < -0.3 is 10.2 Å². The fourth-order valence-electron chi connectivity index (χ4n) is 3.73. The molecule has 3 N–H and O–H groups in total. The second-order valence-corrected chi connectivity index (χ2v) is 7.30. The van der Waals surface area contributed by atoms with Crippen molar-refractivity contribution in [3.8, 4) is 0 Å². The lowest BCUT2D eigenvalue weighted by molar-refractivity contribution is -0.670. The van der Waals surface area contributed by atoms with Crippen LogP contribution in [-0.2, 0) is 24.9 Å². The normalized spacial score (nSPS) is 16.2. The zero-order valence-electron chi connectivity index (χ0n) is 16.1. The second-order valence-electron chi connectivity index (χ2n) is 7.30. The summed E-state index contributed by atoms with van der Waals surface area (Å²) in [5, 5.41) is 19.4. The molecule has 0 bridgehead atoms. The smallest absolute Gasteiger partial charge is 0.364 e. The number of nitrogens with one attached hydrogen (secondary N) is 1. The third-order valence-corrected chi connectivity index (χ3v) is 5.22. The number of carboxylic acid groups (broad SMARTS) is 1. The van der Waals surface area contributed by atoms with Crippen LogP contribution in [0.3, 0.4) is 0 Å². The van der Waals surface area contributed by atoms with Gasteiger partial charge in [0.2, 0.25) is 11.2 Å². The van der Waals surface area contributed by atoms with Gasteiger partial charge in [-0.1, -0.05) is 17.7 Å². The van der Waals surface area contributed by atoms with Crippen LogP contribution >= 0.6 is 0 Å². The molecule has 0 amide bonds. The summed E-state index contributed by atoms with van der Waals surface area (Å²) in [6.07, 6.45) is -1.06. The molecule has 1 aromatic carbocycles. The highest BCUT2D eigenvalue weighted by Gasteiger charge is 2.36. The maximum absolute atomic E-state index is 13.1. The molecule has 3 heterocycles. The molecule has 3 aromatic rings. The van der Waals surface area contributed by atoms with Crippen molar-refractivity contribution in [1.82, 2.24) is 14.1 Å². The van der Waals surface area contributed by atoms with Crippen LogP contribution in [0.1, 0.15) is 12.0 Å². The number of carbonyl (C=O) groups is 1. The number of aliphatic hydroxyl groups is 1. The topological polar surface area (TPSA) is 124 Å². The van der Waals surface area contributed by atoms with Gasteiger partial charge in [-0.3, -0.25) is 18.7 Å². The average molecular weight is 400 g/mol. The van der Waals surface area contributed by atoms with E-state index in [-0.39, 0.29) is 25.0 Å². The first kappa shape index (κ1) is 18.9. The van der Waals surface area contributed by atoms with Gasteiger partial charge in [0.15, 0.2) is 0 Å². The molecule has 10 heteroatoms. The number of anilines is 2. The SMILES string of the molecule is Cc1ccc(N2C[C@@H](O)C[n+]3c2[nH]c2c3c(=O)n(CCC(=O)O)c(=O)n2C)cc1. The van der Waals surface area contributed by atoms with Gasteiger partial charge in [0.25, 0.3) is 5.56 Å². The molecule has 29 heavy (non-hydrogen) atoms. The number of benzene rings is 1. The number of hydrogen-bond donors (Lipinski definition) is 3. The van der Waals surface area contributed by atoms with Crippen molar-refractivity contribution >= 4 is 28.8 Å². The van der Waals surface area contributed by atoms with E-state index in [0.29, 0.717) is 18.1 Å². The molecule has 0 saturated carbocycles. The molecular formula is C19H22N5O5+. The minimum absolute atomic E-state index is 0.185. The van der Waals surface area contributed by atoms with Crippen LogP contribution in [0.15, 0.2) is 33.9 Å². The van der Waals surface area contributed by atoms with Crippen LogP contribution in [0.4, 0.5) is 11.6 Å². The molecule has 0 spiro atoms. The van der Waals surface area contributed by atoms with E-state index in [0.717, 1.165) is 15.8 Å². The maximum atomic E-state index is 13.1. The number of aromatic nitrogens is 4. The first-order chi connectivity index (χ1) is 13.8. The highest BCUT2D eigenvalue weighted by atomic mass is 16.4. The summed E-state index contributed by atoms with van der Waals surface area (Å²) in [7, 11) is 1.52. The number of H-pyrrole nitrogens is 1. The summed E-state index contributed by atoms with van der Waals surface area (Å²) < 4.78 is 3.88. The third-order valence-electron chi connectivity index (χ3n) is 5.22. The van der Waals surface area contributed by atoms with Gasteiger partial charge in [-0.2, -0.15) is 0 Å². The summed E-state index contributed by atoms with van der Waals surface area (Å²) in [5.41, 5.74) is 1.32. The second kappa shape index (κ2) is 6.89. The summed E-state index contributed by atoms with van der Waals surface area (Å²) in [5.74, 6) is -0.513. The number of aliphatic carboxylic acids is 1. The number of aryl methyl sites for hydroxylation is 2. The Morgan fingerprint density at radius 1 is 1.28 bits per heavy atom. The Labute approximate surface area is 164 Å². The number of imidazole rings is 1. The maximum Gasteiger partial charge on any atom is 0.364 e. The minimum Gasteiger partial charge on any atom is -0.481 e. The van der Waals surface area contributed by atoms with E-state index in [1.807, 2.05) is 36.1 Å². The van der Waals surface area contributed by atoms with Gasteiger partial charge in [-0.15, -0.1) is 0 Å². The van der Waals surface area contributed by atoms with Crippen molar-refractivity contribution in [3.05, 3.63) is 50.7 Å². The van der Waals surface area contributed by atoms with Gasteiger partial charge in [0.1, 0.15) is 24.9 Å². The lowest BCUT2D eigenvalue weighted by Gasteiger charge is -2.25. The molecule has 0 aliphatic carbocycles. The standard InChI is InChI=1S/C19H21N5O5/c1-11-3-5-12(6-4-11)23-9-13(25)10-24-15-16(20-18(23)24)21(2)19(29)22(17(15)28)8-7-14(26)27/h3-6,13,25H,7-10H2,1-2H3,(H,26,27)/p+1/t13-/m1/s1. The van der Waals surface area contributed by atoms with E-state index >= 15 is 0 Å². The van der Waals surface area contributed by atoms with Crippen molar-refractivity contribution in [1.29, 1.82) is 0 Å². The predicted octanol–water partition coefficient (Wildman–Crippen LogP) is -0.388. The van der Waals surface area contributed by atoms with Crippen molar-refractivity contribution in [3.63, 3.8) is 0 Å². The molecule has 0 fully saturated rings. The van der Waals surface area contributed by atoms with Crippen LogP contribution < -0.4 is 20.7 Å². The Kier molecular flexibility index (Phi) is 4.50. The molecule has 10 nitrogen and oxygen atoms in total. The van der Waals surface area contributed by atoms with E-state index < -0.39 is 23.3 Å². The summed E-state index contributed by atoms with van der Waals surface area (Å²) in [4.78, 5) is 41.6. The Morgan fingerprint density at radius 3 is 2.62 bits per heavy atom. The van der Waals surface area contributed by atoms with Crippen LogP contribution in [0.25, 0.3) is 11.2 Å². The van der Waals surface area contributed by atoms with Gasteiger partial charge in [-0.25, -0.2) is 19.2 Å². The molecule has 0 unspecified atom stereocenters. The molecule has 152 valence electrons. The summed E-state index contributed by atoms with van der Waals surface area (Å²) in [6, 6.07) is 7.76. The largest absolute Gasteiger partial charge is 0.481 e. The molecular weight excluding hydrogens is 378 g/mol. The summed E-state index contributed by atoms with van der Waals surface area (Å²) >= 11 is 0. The van der Waals surface area contributed by atoms with E-state index in [9.17, 15) is 19.5 Å². The van der Waals surface area contributed by atoms with Crippen LogP contribution in [0.2, 0.25) is 0 Å². The minimum atomic E-state index is -1.09. The quantitative estimate of drug-likeness (QED) is 0.513. The van der Waals surface area contributed by atoms with Gasteiger partial charge in [-0.05, 0) is 19.1 Å². The number of fused-ring (bicyclic) bond motifs is 3. The Balaban J connectivity index is 1.95. The highest BCUT2D eigenvalue weighted by molar-refractivity contribution is 5.70. The number of aromatic amines is 1. The molecule has 0 radical (unpaired) electrons. The number of hydrogen-bond acceptors (Lipinski definition) is 5. The third kappa shape index (κ3) is 3.11. The Morgan fingerprint density at radius 2 is 1.97 bits per heavy atom. The number of nitrogens with zero attached hydrogens (tertiary/aromatic N) is 4. The highest BCUT2D eigenvalue weighted by Crippen LogP contribution is 2.26. The first-order valence-electron chi connectivity index (χ1n) is 9.27. The zero-order valence-corrected chi connectivity index (χ0v) is 16.1. The number of carboxylic acids is 1. The van der Waals surface area contributed by atoms with Crippen LogP contribution in [0.5, 0.6) is 0 Å². The monoisotopic (exact) mass is 400 g/mol. The van der Waals surface area contributed by atoms with Crippen LogP contribution in [-0.4, -0.2) is 42.9 Å². The van der Waals surface area contributed by atoms with E-state index in [4.69, 9.17) is 5.11 Å². The van der Waals surface area contributed by atoms with Crippen molar-refractivity contribution in [2.45, 2.75) is 32.5 Å². The Hall–Kier alpha value is -3.40. The molecule has 1 aliphatic rings. The van der Waals surface area contributed by atoms with E-state index in [2.05, 4.69) is 4.98 Å². The molecule has 1 aliphatic heterocycles. The molecule has 1 atom stereocenters. The lowest BCUT2D eigenvalue weighted by atomic mass is 10.2. The number of aliphatic hydroxyl groups excluding tert-OH is 1. The number of rotatable bonds is 4. The lowest BCUT2D eigenvalue weighted by Crippen LogP contribution is -2.55. The average Bonchev–Trinajstić information content (AvgIpc) is 3.05. The van der Waals surface area contributed by atoms with Crippen molar-refractivity contribution in [2.24, 2.45) is 7.05 Å². The van der Waals surface area contributed by atoms with Gasteiger partial charge >= 0.3 is 17.6 Å². The fourth-order valence-corrected chi connectivity index (χ4v) is 3.73. The van der Waals surface area contributed by atoms with E-state index in [1.54, 1.807) is 4.57 Å². The zero-order chi connectivity index (χ0) is 20.9.